The average Bonchev–Trinajstić information content (AvgIpc) is 3.10. The van der Waals surface area contributed by atoms with Crippen LogP contribution in [0.2, 0.25) is 0 Å². The van der Waals surface area contributed by atoms with Crippen LogP contribution in [-0.2, 0) is 10.2 Å². The Bertz CT molecular complexity index is 1530. The van der Waals surface area contributed by atoms with E-state index in [9.17, 15) is 14.9 Å². The maximum Gasteiger partial charge on any atom is 0.274 e. The number of fused-ring (bicyclic) bond motifs is 2. The highest BCUT2D eigenvalue weighted by atomic mass is 16.6. The van der Waals surface area contributed by atoms with E-state index in [0.717, 1.165) is 28.1 Å². The molecule has 0 saturated carbocycles. The number of benzene rings is 3. The Morgan fingerprint density at radius 1 is 1.05 bits per heavy atom. The van der Waals surface area contributed by atoms with Gasteiger partial charge in [-0.15, -0.1) is 0 Å². The van der Waals surface area contributed by atoms with Crippen LogP contribution in [0.25, 0.3) is 6.08 Å². The standard InChI is InChI=1S/C33H37N3O5/c1-20(2)24-11-10-12-25(21(3)4)30(24)34-29(37)19-35-27-14-9-8-13-26(27)32(5,6)33(35)16-15-22-17-23(36(38)39)18-28(40-7)31(22)41-33/h8-18,20-21H,19H2,1-7H3,(H,34,37). The fourth-order valence-corrected chi connectivity index (χ4v) is 6.14. The van der Waals surface area contributed by atoms with Crippen LogP contribution in [0.15, 0.2) is 60.7 Å². The lowest BCUT2D eigenvalue weighted by molar-refractivity contribution is -0.385. The van der Waals surface area contributed by atoms with E-state index in [4.69, 9.17) is 9.47 Å². The lowest BCUT2D eigenvalue weighted by Gasteiger charge is -2.47. The van der Waals surface area contributed by atoms with Gasteiger partial charge in [0.05, 0.1) is 23.5 Å². The van der Waals surface area contributed by atoms with Crippen LogP contribution < -0.4 is 19.7 Å². The maximum absolute atomic E-state index is 13.9. The van der Waals surface area contributed by atoms with Crippen molar-refractivity contribution in [2.45, 2.75) is 64.5 Å². The second-order valence-electron chi connectivity index (χ2n) is 11.9. The second kappa shape index (κ2) is 10.3. The smallest absolute Gasteiger partial charge is 0.274 e. The molecule has 8 heteroatoms. The number of amides is 1. The Balaban J connectivity index is 1.59. The fraction of sp³-hybridized carbons (Fsp3) is 0.364. The van der Waals surface area contributed by atoms with Gasteiger partial charge in [0.25, 0.3) is 5.69 Å². The monoisotopic (exact) mass is 555 g/mol. The molecule has 0 bridgehead atoms. The van der Waals surface area contributed by atoms with E-state index in [-0.39, 0.29) is 35.7 Å². The van der Waals surface area contributed by atoms with Crippen molar-refractivity contribution in [1.29, 1.82) is 0 Å². The summed E-state index contributed by atoms with van der Waals surface area (Å²) in [5.74, 6) is 0.977. The molecule has 5 rings (SSSR count). The molecule has 1 unspecified atom stereocenters. The number of rotatable bonds is 7. The number of hydrogen-bond donors (Lipinski definition) is 1. The van der Waals surface area contributed by atoms with E-state index in [0.29, 0.717) is 11.3 Å². The summed E-state index contributed by atoms with van der Waals surface area (Å²) in [5.41, 5.74) is 3.75. The van der Waals surface area contributed by atoms with Crippen molar-refractivity contribution in [1.82, 2.24) is 0 Å². The number of carbonyl (C=O) groups is 1. The van der Waals surface area contributed by atoms with Crippen LogP contribution in [-0.4, -0.2) is 30.2 Å². The number of hydrogen-bond acceptors (Lipinski definition) is 6. The molecule has 2 heterocycles. The van der Waals surface area contributed by atoms with Crippen molar-refractivity contribution >= 4 is 29.0 Å². The minimum Gasteiger partial charge on any atom is -0.493 e. The highest BCUT2D eigenvalue weighted by Gasteiger charge is 2.59. The highest BCUT2D eigenvalue weighted by Crippen LogP contribution is 2.56. The first-order chi connectivity index (χ1) is 19.4. The van der Waals surface area contributed by atoms with E-state index in [2.05, 4.69) is 65.1 Å². The third-order valence-corrected chi connectivity index (χ3v) is 8.35. The van der Waals surface area contributed by atoms with E-state index in [1.807, 2.05) is 41.3 Å². The third kappa shape index (κ3) is 4.51. The number of nitrogens with one attached hydrogen (secondary N) is 1. The van der Waals surface area contributed by atoms with Crippen LogP contribution in [0.3, 0.4) is 0 Å². The molecule has 0 radical (unpaired) electrons. The molecule has 214 valence electrons. The third-order valence-electron chi connectivity index (χ3n) is 8.35. The van der Waals surface area contributed by atoms with Gasteiger partial charge in [0, 0.05) is 23.0 Å². The van der Waals surface area contributed by atoms with Crippen LogP contribution in [0.5, 0.6) is 11.5 Å². The minimum atomic E-state index is -1.09. The van der Waals surface area contributed by atoms with Crippen LogP contribution in [0, 0.1) is 10.1 Å². The van der Waals surface area contributed by atoms with Crippen molar-refractivity contribution < 1.29 is 19.2 Å². The van der Waals surface area contributed by atoms with Gasteiger partial charge in [0.2, 0.25) is 11.6 Å². The van der Waals surface area contributed by atoms with Crippen molar-refractivity contribution in [2.24, 2.45) is 0 Å². The number of nitro benzene ring substituents is 1. The molecule has 3 aromatic carbocycles. The first-order valence-electron chi connectivity index (χ1n) is 14.0. The summed E-state index contributed by atoms with van der Waals surface area (Å²) in [6, 6.07) is 17.0. The molecule has 2 aliphatic heterocycles. The van der Waals surface area contributed by atoms with Gasteiger partial charge in [-0.1, -0.05) is 64.1 Å². The van der Waals surface area contributed by atoms with Gasteiger partial charge < -0.3 is 19.7 Å². The minimum absolute atomic E-state index is 0.0272. The Kier molecular flexibility index (Phi) is 7.05. The summed E-state index contributed by atoms with van der Waals surface area (Å²) >= 11 is 0. The highest BCUT2D eigenvalue weighted by molar-refractivity contribution is 5.97. The lowest BCUT2D eigenvalue weighted by atomic mass is 9.76. The number of methoxy groups -OCH3 is 1. The quantitative estimate of drug-likeness (QED) is 0.241. The molecule has 2 aliphatic rings. The van der Waals surface area contributed by atoms with Gasteiger partial charge in [0.15, 0.2) is 11.5 Å². The summed E-state index contributed by atoms with van der Waals surface area (Å²) in [4.78, 5) is 27.0. The molecule has 0 aromatic heterocycles. The van der Waals surface area contributed by atoms with Crippen molar-refractivity contribution in [3.63, 3.8) is 0 Å². The van der Waals surface area contributed by atoms with Gasteiger partial charge in [-0.2, -0.15) is 0 Å². The van der Waals surface area contributed by atoms with Gasteiger partial charge in [-0.05, 0) is 60.6 Å². The Morgan fingerprint density at radius 2 is 1.71 bits per heavy atom. The SMILES string of the molecule is COc1cc([N+](=O)[O-])cc2c1OC1(C=C2)N(CC(=O)Nc2c(C(C)C)cccc2C(C)C)c2ccccc2C1(C)C. The van der Waals surface area contributed by atoms with E-state index < -0.39 is 16.1 Å². The zero-order chi connectivity index (χ0) is 29.7. The van der Waals surface area contributed by atoms with Gasteiger partial charge in [-0.25, -0.2) is 0 Å². The zero-order valence-electron chi connectivity index (χ0n) is 24.6. The number of nitrogens with zero attached hydrogens (tertiary/aromatic N) is 2. The topological polar surface area (TPSA) is 93.9 Å². The molecule has 3 aromatic rings. The summed E-state index contributed by atoms with van der Waals surface area (Å²) in [5, 5.41) is 14.8. The molecule has 1 atom stereocenters. The number of para-hydroxylation sites is 2. The normalized spacial score (nSPS) is 18.3. The molecular formula is C33H37N3O5. The average molecular weight is 556 g/mol. The molecule has 0 saturated heterocycles. The first kappa shape index (κ1) is 28.2. The number of anilines is 2. The largest absolute Gasteiger partial charge is 0.493 e. The Morgan fingerprint density at radius 3 is 2.32 bits per heavy atom. The van der Waals surface area contributed by atoms with Crippen molar-refractivity contribution in [2.75, 3.05) is 23.9 Å². The predicted molar refractivity (Wildman–Crippen MR) is 162 cm³/mol. The van der Waals surface area contributed by atoms with Crippen LogP contribution >= 0.6 is 0 Å². The Labute approximate surface area is 241 Å². The van der Waals surface area contributed by atoms with E-state index in [1.165, 1.54) is 19.2 Å². The number of non-ortho nitro benzene ring substituents is 1. The van der Waals surface area contributed by atoms with Gasteiger partial charge >= 0.3 is 0 Å². The summed E-state index contributed by atoms with van der Waals surface area (Å²) < 4.78 is 12.4. The van der Waals surface area contributed by atoms with Crippen LogP contribution in [0.4, 0.5) is 17.1 Å². The molecule has 0 fully saturated rings. The number of nitro groups is 1. The van der Waals surface area contributed by atoms with Gasteiger partial charge in [0.1, 0.15) is 6.54 Å². The summed E-state index contributed by atoms with van der Waals surface area (Å²) in [6.07, 6.45) is 3.74. The number of ether oxygens (including phenoxy) is 2. The first-order valence-corrected chi connectivity index (χ1v) is 14.0. The van der Waals surface area contributed by atoms with E-state index >= 15 is 0 Å². The zero-order valence-corrected chi connectivity index (χ0v) is 24.6. The maximum atomic E-state index is 13.9. The molecule has 1 spiro atoms. The van der Waals surface area contributed by atoms with E-state index in [1.54, 1.807) is 0 Å². The predicted octanol–water partition coefficient (Wildman–Crippen LogP) is 7.39. The molecule has 0 aliphatic carbocycles. The molecule has 1 amide bonds. The number of carbonyl (C=O) groups excluding carboxylic acids is 1. The van der Waals surface area contributed by atoms with Crippen LogP contribution in [0.1, 0.15) is 75.6 Å². The Hall–Kier alpha value is -4.33. The molecule has 41 heavy (non-hydrogen) atoms. The van der Waals surface area contributed by atoms with Gasteiger partial charge in [-0.3, -0.25) is 14.9 Å². The molecule has 8 nitrogen and oxygen atoms in total. The molecular weight excluding hydrogens is 518 g/mol. The van der Waals surface area contributed by atoms with Crippen molar-refractivity contribution in [3.8, 4) is 11.5 Å². The second-order valence-corrected chi connectivity index (χ2v) is 11.9. The van der Waals surface area contributed by atoms with Crippen molar-refractivity contribution in [3.05, 3.63) is 93.0 Å². The summed E-state index contributed by atoms with van der Waals surface area (Å²) in [6.45, 7) is 12.7. The molecule has 1 N–H and O–H groups in total. The fourth-order valence-electron chi connectivity index (χ4n) is 6.14. The summed E-state index contributed by atoms with van der Waals surface area (Å²) in [7, 11) is 1.46. The lowest BCUT2D eigenvalue weighted by Crippen LogP contribution is -2.61.